The Labute approximate surface area is 91.9 Å². The summed E-state index contributed by atoms with van der Waals surface area (Å²) in [5.74, 6) is 0. The van der Waals surface area contributed by atoms with Crippen molar-refractivity contribution in [3.05, 3.63) is 30.3 Å². The molecular weight excluding hydrogens is 210 g/mol. The zero-order valence-electron chi connectivity index (χ0n) is 8.79. The van der Waals surface area contributed by atoms with Crippen LogP contribution in [0.25, 0.3) is 11.0 Å². The number of imidazole rings is 1. The Hall–Kier alpha value is -1.45. The van der Waals surface area contributed by atoms with E-state index in [1.807, 2.05) is 18.2 Å². The zero-order valence-corrected chi connectivity index (χ0v) is 8.79. The van der Waals surface area contributed by atoms with Gasteiger partial charge in [0.2, 0.25) is 0 Å². The van der Waals surface area contributed by atoms with Crippen molar-refractivity contribution in [1.82, 2.24) is 9.55 Å². The molecule has 0 amide bonds. The number of para-hydroxylation sites is 2. The van der Waals surface area contributed by atoms with E-state index in [0.29, 0.717) is 12.1 Å². The van der Waals surface area contributed by atoms with Gasteiger partial charge in [-0.25, -0.2) is 4.98 Å². The molecule has 84 valence electrons. The van der Waals surface area contributed by atoms with Crippen molar-refractivity contribution in [3.63, 3.8) is 0 Å². The third kappa shape index (κ3) is 1.40. The molecule has 1 heterocycles. The summed E-state index contributed by atoms with van der Waals surface area (Å²) in [6.45, 7) is 0.0226. The summed E-state index contributed by atoms with van der Waals surface area (Å²) >= 11 is 0. The summed E-state index contributed by atoms with van der Waals surface area (Å²) in [7, 11) is 0. The van der Waals surface area contributed by atoms with Crippen LogP contribution in [-0.4, -0.2) is 16.2 Å². The van der Waals surface area contributed by atoms with E-state index < -0.39 is 6.08 Å². The molecule has 0 aliphatic heterocycles. The molecule has 0 N–H and O–H groups in total. The second kappa shape index (κ2) is 3.27. The van der Waals surface area contributed by atoms with Crippen molar-refractivity contribution in [3.8, 4) is 0 Å². The lowest BCUT2D eigenvalue weighted by Crippen LogP contribution is -2.15. The van der Waals surface area contributed by atoms with Gasteiger partial charge in [0.1, 0.15) is 0 Å². The monoisotopic (exact) mass is 222 g/mol. The van der Waals surface area contributed by atoms with Crippen LogP contribution in [0.4, 0.5) is 8.78 Å². The number of nitrogens with zero attached hydrogens (tertiary/aromatic N) is 2. The predicted octanol–water partition coefficient (Wildman–Crippen LogP) is 2.93. The average Bonchev–Trinajstić information content (AvgIpc) is 3.01. The number of rotatable bonds is 3. The quantitative estimate of drug-likeness (QED) is 0.780. The van der Waals surface area contributed by atoms with E-state index in [4.69, 9.17) is 0 Å². The molecule has 0 bridgehead atoms. The number of hydrogen-bond acceptors (Lipinski definition) is 1. The Balaban J connectivity index is 2.05. The van der Waals surface area contributed by atoms with E-state index >= 15 is 0 Å². The number of fused-ring (bicyclic) bond motifs is 1. The fourth-order valence-electron chi connectivity index (χ4n) is 2.04. The Bertz CT molecular complexity index is 529. The van der Waals surface area contributed by atoms with Crippen molar-refractivity contribution in [1.29, 1.82) is 0 Å². The molecule has 1 aliphatic carbocycles. The summed E-state index contributed by atoms with van der Waals surface area (Å²) in [5.41, 5.74) is 1.05. The minimum absolute atomic E-state index is 0.329. The second-order valence-electron chi connectivity index (χ2n) is 4.59. The smallest absolute Gasteiger partial charge is 0.290 e. The molecule has 2 aromatic rings. The topological polar surface area (TPSA) is 17.8 Å². The molecule has 1 fully saturated rings. The van der Waals surface area contributed by atoms with Crippen molar-refractivity contribution in [2.45, 2.75) is 19.4 Å². The molecule has 3 rings (SSSR count). The number of alkyl halides is 1. The van der Waals surface area contributed by atoms with Gasteiger partial charge in [-0.05, 0) is 25.0 Å². The van der Waals surface area contributed by atoms with Gasteiger partial charge in [0.25, 0.3) is 6.08 Å². The fraction of sp³-hybridized carbons (Fsp3) is 0.417. The van der Waals surface area contributed by atoms with Gasteiger partial charge in [0, 0.05) is 12.0 Å². The van der Waals surface area contributed by atoms with Crippen LogP contribution in [0.1, 0.15) is 12.8 Å². The number of aromatic nitrogens is 2. The lowest BCUT2D eigenvalue weighted by atomic mass is 10.1. The standard InChI is InChI=1S/C12H12F2N2/c13-7-12(5-6-12)8-16-10-4-2-1-3-9(10)15-11(16)14/h1-4H,5-8H2. The summed E-state index contributed by atoms with van der Waals surface area (Å²) in [4.78, 5) is 3.83. The largest absolute Gasteiger partial charge is 0.300 e. The molecule has 1 aromatic carbocycles. The third-order valence-electron chi connectivity index (χ3n) is 3.34. The maximum Gasteiger partial charge on any atom is 0.290 e. The van der Waals surface area contributed by atoms with Gasteiger partial charge in [-0.15, -0.1) is 0 Å². The molecule has 16 heavy (non-hydrogen) atoms. The predicted molar refractivity (Wildman–Crippen MR) is 57.3 cm³/mol. The highest BCUT2D eigenvalue weighted by molar-refractivity contribution is 5.75. The minimum Gasteiger partial charge on any atom is -0.300 e. The first-order chi connectivity index (χ1) is 7.74. The van der Waals surface area contributed by atoms with E-state index in [1.54, 1.807) is 6.07 Å². The first-order valence-corrected chi connectivity index (χ1v) is 5.41. The summed E-state index contributed by atoms with van der Waals surface area (Å²) in [6, 6.07) is 7.25. The molecule has 1 aromatic heterocycles. The highest BCUT2D eigenvalue weighted by Gasteiger charge is 2.43. The minimum atomic E-state index is -0.513. The maximum atomic E-state index is 13.6. The van der Waals surface area contributed by atoms with Crippen LogP contribution in [0, 0.1) is 11.5 Å². The van der Waals surface area contributed by atoms with Gasteiger partial charge in [0.15, 0.2) is 0 Å². The number of hydrogen-bond donors (Lipinski definition) is 0. The van der Waals surface area contributed by atoms with Gasteiger partial charge < -0.3 is 0 Å². The van der Waals surface area contributed by atoms with Crippen LogP contribution >= 0.6 is 0 Å². The lowest BCUT2D eigenvalue weighted by Gasteiger charge is -2.12. The summed E-state index contributed by atoms with van der Waals surface area (Å²) < 4.78 is 27.9. The Kier molecular flexibility index (Phi) is 1.99. The molecule has 0 radical (unpaired) electrons. The Morgan fingerprint density at radius 2 is 2.06 bits per heavy atom. The van der Waals surface area contributed by atoms with Crippen molar-refractivity contribution in [2.24, 2.45) is 5.41 Å². The average molecular weight is 222 g/mol. The van der Waals surface area contributed by atoms with Gasteiger partial charge in [-0.2, -0.15) is 4.39 Å². The second-order valence-corrected chi connectivity index (χ2v) is 4.59. The van der Waals surface area contributed by atoms with Crippen LogP contribution < -0.4 is 0 Å². The van der Waals surface area contributed by atoms with Crippen molar-refractivity contribution in [2.75, 3.05) is 6.67 Å². The van der Waals surface area contributed by atoms with Gasteiger partial charge >= 0.3 is 0 Å². The first-order valence-electron chi connectivity index (χ1n) is 5.41. The highest BCUT2D eigenvalue weighted by atomic mass is 19.1. The number of halogens is 2. The van der Waals surface area contributed by atoms with E-state index in [0.717, 1.165) is 18.4 Å². The Morgan fingerprint density at radius 3 is 2.75 bits per heavy atom. The molecule has 0 atom stereocenters. The third-order valence-corrected chi connectivity index (χ3v) is 3.34. The fourth-order valence-corrected chi connectivity index (χ4v) is 2.04. The molecule has 0 spiro atoms. The molecular formula is C12H12F2N2. The van der Waals surface area contributed by atoms with Crippen LogP contribution in [-0.2, 0) is 6.54 Å². The van der Waals surface area contributed by atoms with Crippen molar-refractivity contribution < 1.29 is 8.78 Å². The normalized spacial score (nSPS) is 17.9. The summed E-state index contributed by atoms with van der Waals surface area (Å²) in [5, 5.41) is 0. The van der Waals surface area contributed by atoms with Crippen LogP contribution in [0.5, 0.6) is 0 Å². The molecule has 1 aliphatic rings. The Morgan fingerprint density at radius 1 is 1.31 bits per heavy atom. The maximum absolute atomic E-state index is 13.6. The molecule has 0 saturated heterocycles. The van der Waals surface area contributed by atoms with E-state index in [9.17, 15) is 8.78 Å². The van der Waals surface area contributed by atoms with Gasteiger partial charge in [-0.1, -0.05) is 12.1 Å². The zero-order chi connectivity index (χ0) is 11.2. The van der Waals surface area contributed by atoms with Crippen LogP contribution in [0.3, 0.4) is 0 Å². The molecule has 0 unspecified atom stereocenters. The summed E-state index contributed by atoms with van der Waals surface area (Å²) in [6.07, 6.45) is 1.17. The molecule has 4 heteroatoms. The van der Waals surface area contributed by atoms with Gasteiger partial charge in [0.05, 0.1) is 17.7 Å². The van der Waals surface area contributed by atoms with Gasteiger partial charge in [-0.3, -0.25) is 8.96 Å². The van der Waals surface area contributed by atoms with Crippen molar-refractivity contribution >= 4 is 11.0 Å². The van der Waals surface area contributed by atoms with E-state index in [2.05, 4.69) is 4.98 Å². The molecule has 1 saturated carbocycles. The first kappa shape index (κ1) is 9.75. The van der Waals surface area contributed by atoms with Crippen LogP contribution in [0.15, 0.2) is 24.3 Å². The van der Waals surface area contributed by atoms with E-state index in [-0.39, 0.29) is 12.1 Å². The lowest BCUT2D eigenvalue weighted by molar-refractivity contribution is 0.291. The van der Waals surface area contributed by atoms with E-state index in [1.165, 1.54) is 4.57 Å². The SMILES string of the molecule is FCC1(Cn2c(F)nc3ccccc32)CC1. The van der Waals surface area contributed by atoms with Crippen LogP contribution in [0.2, 0.25) is 0 Å². The highest BCUT2D eigenvalue weighted by Crippen LogP contribution is 2.47. The molecule has 2 nitrogen and oxygen atoms in total. The number of benzene rings is 1.